The maximum atomic E-state index is 4.06. The highest BCUT2D eigenvalue weighted by atomic mass is 14.7. The van der Waals surface area contributed by atoms with Crippen molar-refractivity contribution in [3.8, 4) is 0 Å². The smallest absolute Gasteiger partial charge is 0.0224 e. The van der Waals surface area contributed by atoms with Crippen LogP contribution < -0.4 is 0 Å². The third-order valence-corrected chi connectivity index (χ3v) is 1.61. The Morgan fingerprint density at radius 2 is 2.11 bits per heavy atom. The van der Waals surface area contributed by atoms with Gasteiger partial charge in [-0.25, -0.2) is 0 Å². The Morgan fingerprint density at radius 3 is 2.89 bits per heavy atom. The van der Waals surface area contributed by atoms with Crippen molar-refractivity contribution in [2.24, 2.45) is 10.4 Å². The maximum Gasteiger partial charge on any atom is 0.0224 e. The molecule has 1 rings (SSSR count). The Bertz CT molecular complexity index is 127. The molecule has 50 valence electrons. The van der Waals surface area contributed by atoms with E-state index in [4.69, 9.17) is 0 Å². The molecule has 1 aliphatic rings. The molecule has 1 aliphatic heterocycles. The maximum absolute atomic E-state index is 4.06. The van der Waals surface area contributed by atoms with Gasteiger partial charge in [0.2, 0.25) is 0 Å². The van der Waals surface area contributed by atoms with Crippen LogP contribution in [-0.2, 0) is 0 Å². The number of hydrogen-bond donors (Lipinski definition) is 0. The predicted octanol–water partition coefficient (Wildman–Crippen LogP) is 2.39. The van der Waals surface area contributed by atoms with E-state index in [9.17, 15) is 0 Å². The molecule has 0 N–H and O–H groups in total. The Kier molecular flexibility index (Phi) is 1.70. The lowest BCUT2D eigenvalue weighted by atomic mass is 9.87. The van der Waals surface area contributed by atoms with Gasteiger partial charge in [0, 0.05) is 12.4 Å². The SMILES string of the molecule is CC1(C)CC=CN=CC1. The van der Waals surface area contributed by atoms with Gasteiger partial charge in [-0.3, -0.25) is 4.99 Å². The van der Waals surface area contributed by atoms with E-state index in [0.29, 0.717) is 5.41 Å². The van der Waals surface area contributed by atoms with Crippen molar-refractivity contribution < 1.29 is 0 Å². The Morgan fingerprint density at radius 1 is 1.33 bits per heavy atom. The fourth-order valence-corrected chi connectivity index (χ4v) is 0.877. The molecular weight excluding hydrogens is 110 g/mol. The van der Waals surface area contributed by atoms with Crippen molar-refractivity contribution in [1.29, 1.82) is 0 Å². The summed E-state index contributed by atoms with van der Waals surface area (Å²) in [7, 11) is 0. The summed E-state index contributed by atoms with van der Waals surface area (Å²) < 4.78 is 0. The molecule has 0 aromatic heterocycles. The van der Waals surface area contributed by atoms with E-state index in [0.717, 1.165) is 12.8 Å². The minimum Gasteiger partial charge on any atom is -0.269 e. The van der Waals surface area contributed by atoms with E-state index in [-0.39, 0.29) is 0 Å². The molecule has 9 heavy (non-hydrogen) atoms. The molecule has 0 fully saturated rings. The number of rotatable bonds is 0. The number of allylic oxidation sites excluding steroid dienone is 1. The molecule has 0 saturated carbocycles. The van der Waals surface area contributed by atoms with E-state index in [1.807, 2.05) is 12.4 Å². The van der Waals surface area contributed by atoms with E-state index >= 15 is 0 Å². The zero-order chi connectivity index (χ0) is 6.74. The fraction of sp³-hybridized carbons (Fsp3) is 0.625. The summed E-state index contributed by atoms with van der Waals surface area (Å²) in [6.07, 6.45) is 8.24. The molecule has 0 amide bonds. The van der Waals surface area contributed by atoms with Crippen LogP contribution in [0.3, 0.4) is 0 Å². The molecule has 1 heteroatoms. The molecule has 0 atom stereocenters. The van der Waals surface area contributed by atoms with Gasteiger partial charge in [-0.05, 0) is 18.3 Å². The summed E-state index contributed by atoms with van der Waals surface area (Å²) in [6, 6.07) is 0. The second-order valence-electron chi connectivity index (χ2n) is 3.29. The Labute approximate surface area is 56.5 Å². The minimum atomic E-state index is 0.427. The van der Waals surface area contributed by atoms with Crippen LogP contribution >= 0.6 is 0 Å². The fourth-order valence-electron chi connectivity index (χ4n) is 0.877. The lowest BCUT2D eigenvalue weighted by Crippen LogP contribution is -2.08. The summed E-state index contributed by atoms with van der Waals surface area (Å²) in [5.74, 6) is 0. The average molecular weight is 123 g/mol. The van der Waals surface area contributed by atoms with Gasteiger partial charge in [-0.2, -0.15) is 0 Å². The van der Waals surface area contributed by atoms with Gasteiger partial charge < -0.3 is 0 Å². The molecule has 0 bridgehead atoms. The molecule has 0 radical (unpaired) electrons. The van der Waals surface area contributed by atoms with Crippen LogP contribution in [0, 0.1) is 5.41 Å². The van der Waals surface area contributed by atoms with Crippen LogP contribution in [0.4, 0.5) is 0 Å². The van der Waals surface area contributed by atoms with Crippen molar-refractivity contribution in [3.05, 3.63) is 12.3 Å². The molecule has 0 unspecified atom stereocenters. The second kappa shape index (κ2) is 2.34. The van der Waals surface area contributed by atoms with Gasteiger partial charge in [0.15, 0.2) is 0 Å². The Balaban J connectivity index is 2.61. The van der Waals surface area contributed by atoms with E-state index in [1.54, 1.807) is 0 Å². The number of nitrogens with zero attached hydrogens (tertiary/aromatic N) is 1. The van der Waals surface area contributed by atoms with Crippen molar-refractivity contribution >= 4 is 6.21 Å². The largest absolute Gasteiger partial charge is 0.269 e. The van der Waals surface area contributed by atoms with Crippen molar-refractivity contribution in [1.82, 2.24) is 0 Å². The van der Waals surface area contributed by atoms with Gasteiger partial charge in [-0.15, -0.1) is 0 Å². The van der Waals surface area contributed by atoms with Crippen molar-refractivity contribution in [3.63, 3.8) is 0 Å². The molecule has 0 saturated heterocycles. The third-order valence-electron chi connectivity index (χ3n) is 1.61. The van der Waals surface area contributed by atoms with Crippen LogP contribution in [-0.4, -0.2) is 6.21 Å². The molecule has 1 heterocycles. The van der Waals surface area contributed by atoms with Gasteiger partial charge in [0.25, 0.3) is 0 Å². The molecule has 0 aromatic rings. The van der Waals surface area contributed by atoms with Crippen LogP contribution in [0.15, 0.2) is 17.3 Å². The first-order valence-corrected chi connectivity index (χ1v) is 3.37. The second-order valence-corrected chi connectivity index (χ2v) is 3.29. The van der Waals surface area contributed by atoms with Crippen LogP contribution in [0.2, 0.25) is 0 Å². The van der Waals surface area contributed by atoms with Crippen LogP contribution in [0.1, 0.15) is 26.7 Å². The average Bonchev–Trinajstić information content (AvgIpc) is 1.92. The topological polar surface area (TPSA) is 12.4 Å². The highest BCUT2D eigenvalue weighted by Crippen LogP contribution is 2.25. The highest BCUT2D eigenvalue weighted by molar-refractivity contribution is 5.59. The zero-order valence-electron chi connectivity index (χ0n) is 6.09. The minimum absolute atomic E-state index is 0.427. The molecule has 0 aliphatic carbocycles. The standard InChI is InChI=1S/C8H13N/c1-8(2)4-3-6-9-7-5-8/h3,6-7H,4-5H2,1-2H3. The van der Waals surface area contributed by atoms with Gasteiger partial charge in [-0.1, -0.05) is 19.9 Å². The summed E-state index contributed by atoms with van der Waals surface area (Å²) >= 11 is 0. The van der Waals surface area contributed by atoms with Crippen LogP contribution in [0.25, 0.3) is 0 Å². The van der Waals surface area contributed by atoms with Crippen molar-refractivity contribution in [2.45, 2.75) is 26.7 Å². The van der Waals surface area contributed by atoms with Crippen molar-refractivity contribution in [2.75, 3.05) is 0 Å². The zero-order valence-corrected chi connectivity index (χ0v) is 6.09. The van der Waals surface area contributed by atoms with E-state index in [2.05, 4.69) is 24.9 Å². The van der Waals surface area contributed by atoms with Gasteiger partial charge in [0.1, 0.15) is 0 Å². The van der Waals surface area contributed by atoms with Gasteiger partial charge in [0.05, 0.1) is 0 Å². The molecule has 0 spiro atoms. The monoisotopic (exact) mass is 123 g/mol. The first kappa shape index (κ1) is 6.53. The predicted molar refractivity (Wildman–Crippen MR) is 40.6 cm³/mol. The van der Waals surface area contributed by atoms with E-state index in [1.165, 1.54) is 0 Å². The molecule has 0 aromatic carbocycles. The summed E-state index contributed by atoms with van der Waals surface area (Å²) in [6.45, 7) is 4.52. The summed E-state index contributed by atoms with van der Waals surface area (Å²) in [5, 5.41) is 0. The normalized spacial score (nSPS) is 23.8. The first-order valence-electron chi connectivity index (χ1n) is 3.37. The van der Waals surface area contributed by atoms with E-state index < -0.39 is 0 Å². The van der Waals surface area contributed by atoms with Crippen LogP contribution in [0.5, 0.6) is 0 Å². The van der Waals surface area contributed by atoms with Gasteiger partial charge >= 0.3 is 0 Å². The number of aliphatic imine (C=N–C) groups is 1. The lowest BCUT2D eigenvalue weighted by Gasteiger charge is -2.18. The Hall–Kier alpha value is -0.590. The third kappa shape index (κ3) is 2.00. The number of hydrogen-bond acceptors (Lipinski definition) is 1. The summed E-state index contributed by atoms with van der Waals surface area (Å²) in [4.78, 5) is 4.06. The summed E-state index contributed by atoms with van der Waals surface area (Å²) in [5.41, 5.74) is 0.427. The highest BCUT2D eigenvalue weighted by Gasteiger charge is 2.14. The quantitative estimate of drug-likeness (QED) is 0.469. The first-order chi connectivity index (χ1) is 4.21. The molecular formula is C8H13N. The lowest BCUT2D eigenvalue weighted by molar-refractivity contribution is 0.394. The molecule has 1 nitrogen and oxygen atoms in total.